The number of hydrogen-bond acceptors (Lipinski definition) is 4. The fourth-order valence-corrected chi connectivity index (χ4v) is 4.00. The minimum atomic E-state index is -0.284. The number of nitrogens with zero attached hydrogens (tertiary/aromatic N) is 2. The van der Waals surface area contributed by atoms with Gasteiger partial charge >= 0.3 is 5.97 Å². The van der Waals surface area contributed by atoms with E-state index in [-0.39, 0.29) is 30.5 Å². The molecule has 5 heteroatoms. The van der Waals surface area contributed by atoms with Crippen LogP contribution in [0.15, 0.2) is 24.3 Å². The molecule has 1 aromatic carbocycles. The maximum absolute atomic E-state index is 13.1. The highest BCUT2D eigenvalue weighted by Gasteiger charge is 2.34. The van der Waals surface area contributed by atoms with Gasteiger partial charge in [0.05, 0.1) is 13.2 Å². The van der Waals surface area contributed by atoms with Gasteiger partial charge in [0.15, 0.2) is 0 Å². The van der Waals surface area contributed by atoms with Gasteiger partial charge in [-0.25, -0.2) is 0 Å². The molecule has 1 fully saturated rings. The third kappa shape index (κ3) is 3.87. The van der Waals surface area contributed by atoms with Crippen LogP contribution in [0.4, 0.5) is 5.69 Å². The number of hydrogen-bond donors (Lipinski definition) is 0. The van der Waals surface area contributed by atoms with E-state index >= 15 is 0 Å². The predicted molar refractivity (Wildman–Crippen MR) is 97.6 cm³/mol. The molecule has 2 atom stereocenters. The maximum Gasteiger partial charge on any atom is 0.323 e. The lowest BCUT2D eigenvalue weighted by Crippen LogP contribution is -2.52. The van der Waals surface area contributed by atoms with Crippen LogP contribution in [-0.2, 0) is 20.7 Å². The van der Waals surface area contributed by atoms with Gasteiger partial charge in [-0.1, -0.05) is 24.6 Å². The summed E-state index contributed by atoms with van der Waals surface area (Å²) >= 11 is 0. The van der Waals surface area contributed by atoms with E-state index in [0.717, 1.165) is 44.3 Å². The van der Waals surface area contributed by atoms with E-state index in [2.05, 4.69) is 13.0 Å². The zero-order valence-corrected chi connectivity index (χ0v) is 15.2. The molecule has 136 valence electrons. The lowest BCUT2D eigenvalue weighted by atomic mass is 9.96. The van der Waals surface area contributed by atoms with Gasteiger partial charge in [-0.15, -0.1) is 0 Å². The van der Waals surface area contributed by atoms with E-state index in [9.17, 15) is 9.59 Å². The molecule has 1 saturated heterocycles. The van der Waals surface area contributed by atoms with Crippen molar-refractivity contribution in [3.63, 3.8) is 0 Å². The highest BCUT2D eigenvalue weighted by Crippen LogP contribution is 2.31. The molecule has 0 bridgehead atoms. The molecule has 3 rings (SSSR count). The molecule has 2 aliphatic rings. The van der Waals surface area contributed by atoms with Gasteiger partial charge in [-0.2, -0.15) is 0 Å². The van der Waals surface area contributed by atoms with Crippen LogP contribution >= 0.6 is 0 Å². The van der Waals surface area contributed by atoms with Gasteiger partial charge < -0.3 is 9.64 Å². The first-order chi connectivity index (χ1) is 12.1. The van der Waals surface area contributed by atoms with Gasteiger partial charge in [0.1, 0.15) is 6.04 Å². The van der Waals surface area contributed by atoms with Crippen LogP contribution in [0.2, 0.25) is 0 Å². The standard InChI is InChI=1S/C20H28N2O3/c1-3-25-20(24)18-10-6-7-13-21(18)14-19(23)22-15(2)11-12-16-8-4-5-9-17(16)22/h4-5,8-9,15,18H,3,6-7,10-14H2,1-2H3/t15-,18-/m1/s1. The number of amides is 1. The van der Waals surface area contributed by atoms with Crippen molar-refractivity contribution in [3.05, 3.63) is 29.8 Å². The first kappa shape index (κ1) is 17.9. The topological polar surface area (TPSA) is 49.9 Å². The Labute approximate surface area is 149 Å². The predicted octanol–water partition coefficient (Wildman–Crippen LogP) is 2.77. The fraction of sp³-hybridized carbons (Fsp3) is 0.600. The molecule has 0 radical (unpaired) electrons. The summed E-state index contributed by atoms with van der Waals surface area (Å²) in [4.78, 5) is 29.3. The quantitative estimate of drug-likeness (QED) is 0.788. The van der Waals surface area contributed by atoms with Gasteiger partial charge in [-0.05, 0) is 57.7 Å². The van der Waals surface area contributed by atoms with Crippen LogP contribution in [0.25, 0.3) is 0 Å². The molecular weight excluding hydrogens is 316 g/mol. The largest absolute Gasteiger partial charge is 0.465 e. The number of aryl methyl sites for hydroxylation is 1. The number of anilines is 1. The van der Waals surface area contributed by atoms with Crippen LogP contribution in [0, 0.1) is 0 Å². The van der Waals surface area contributed by atoms with Crippen molar-refractivity contribution in [2.24, 2.45) is 0 Å². The lowest BCUT2D eigenvalue weighted by molar-refractivity contribution is -0.151. The molecule has 2 aliphatic heterocycles. The summed E-state index contributed by atoms with van der Waals surface area (Å²) in [6.45, 7) is 5.37. The summed E-state index contributed by atoms with van der Waals surface area (Å²) in [6.07, 6.45) is 4.80. The monoisotopic (exact) mass is 344 g/mol. The van der Waals surface area contributed by atoms with E-state index in [4.69, 9.17) is 4.74 Å². The molecule has 2 heterocycles. The number of likely N-dealkylation sites (tertiary alicyclic amines) is 1. The maximum atomic E-state index is 13.1. The molecular formula is C20H28N2O3. The smallest absolute Gasteiger partial charge is 0.323 e. The molecule has 0 N–H and O–H groups in total. The number of para-hydroxylation sites is 1. The Balaban J connectivity index is 1.75. The van der Waals surface area contributed by atoms with Crippen molar-refractivity contribution in [3.8, 4) is 0 Å². The molecule has 1 amide bonds. The number of benzene rings is 1. The molecule has 1 aromatic rings. The van der Waals surface area contributed by atoms with Crippen LogP contribution in [0.5, 0.6) is 0 Å². The molecule has 0 unspecified atom stereocenters. The number of esters is 1. The SMILES string of the molecule is CCOC(=O)[C@H]1CCCCN1CC(=O)N1c2ccccc2CC[C@H]1C. The fourth-order valence-electron chi connectivity index (χ4n) is 4.00. The zero-order chi connectivity index (χ0) is 17.8. The normalized spacial score (nSPS) is 23.8. The van der Waals surface area contributed by atoms with Gasteiger partial charge in [0, 0.05) is 11.7 Å². The summed E-state index contributed by atoms with van der Waals surface area (Å²) in [5.74, 6) is -0.113. The van der Waals surface area contributed by atoms with Crippen LogP contribution in [-0.4, -0.2) is 48.6 Å². The number of rotatable bonds is 4. The Morgan fingerprint density at radius 1 is 1.20 bits per heavy atom. The summed E-state index contributed by atoms with van der Waals surface area (Å²) in [5, 5.41) is 0. The van der Waals surface area contributed by atoms with Gasteiger partial charge in [0.2, 0.25) is 5.91 Å². The zero-order valence-electron chi connectivity index (χ0n) is 15.2. The number of carbonyl (C=O) groups is 2. The average Bonchev–Trinajstić information content (AvgIpc) is 2.62. The average molecular weight is 344 g/mol. The highest BCUT2D eigenvalue weighted by molar-refractivity contribution is 5.96. The van der Waals surface area contributed by atoms with Crippen molar-refractivity contribution in [2.75, 3.05) is 24.6 Å². The van der Waals surface area contributed by atoms with Crippen molar-refractivity contribution >= 4 is 17.6 Å². The second-order valence-corrected chi connectivity index (χ2v) is 7.01. The first-order valence-corrected chi connectivity index (χ1v) is 9.42. The van der Waals surface area contributed by atoms with Crippen molar-refractivity contribution in [2.45, 2.75) is 58.0 Å². The number of fused-ring (bicyclic) bond motifs is 1. The Morgan fingerprint density at radius 3 is 2.80 bits per heavy atom. The molecule has 0 aliphatic carbocycles. The lowest BCUT2D eigenvalue weighted by Gasteiger charge is -2.39. The highest BCUT2D eigenvalue weighted by atomic mass is 16.5. The Bertz CT molecular complexity index is 631. The Morgan fingerprint density at radius 2 is 2.00 bits per heavy atom. The van der Waals surface area contributed by atoms with Crippen molar-refractivity contribution < 1.29 is 14.3 Å². The third-order valence-electron chi connectivity index (χ3n) is 5.30. The van der Waals surface area contributed by atoms with E-state index < -0.39 is 0 Å². The Hall–Kier alpha value is -1.88. The van der Waals surface area contributed by atoms with E-state index in [1.54, 1.807) is 0 Å². The van der Waals surface area contributed by atoms with Gasteiger partial charge in [0.25, 0.3) is 0 Å². The van der Waals surface area contributed by atoms with Crippen LogP contribution in [0.3, 0.4) is 0 Å². The minimum Gasteiger partial charge on any atom is -0.465 e. The second-order valence-electron chi connectivity index (χ2n) is 7.01. The third-order valence-corrected chi connectivity index (χ3v) is 5.30. The molecule has 5 nitrogen and oxygen atoms in total. The molecule has 0 saturated carbocycles. The molecule has 0 aromatic heterocycles. The van der Waals surface area contributed by atoms with Gasteiger partial charge in [-0.3, -0.25) is 14.5 Å². The second kappa shape index (κ2) is 8.00. The van der Waals surface area contributed by atoms with E-state index in [0.29, 0.717) is 6.61 Å². The first-order valence-electron chi connectivity index (χ1n) is 9.42. The molecule has 25 heavy (non-hydrogen) atoms. The van der Waals surface area contributed by atoms with Crippen molar-refractivity contribution in [1.29, 1.82) is 0 Å². The van der Waals surface area contributed by atoms with Crippen molar-refractivity contribution in [1.82, 2.24) is 4.90 Å². The Kier molecular flexibility index (Phi) is 5.74. The molecule has 0 spiro atoms. The van der Waals surface area contributed by atoms with E-state index in [1.165, 1.54) is 5.56 Å². The van der Waals surface area contributed by atoms with Crippen LogP contribution < -0.4 is 4.90 Å². The number of carbonyl (C=O) groups excluding carboxylic acids is 2. The summed E-state index contributed by atoms with van der Waals surface area (Å²) < 4.78 is 5.21. The number of ether oxygens (including phenoxy) is 1. The van der Waals surface area contributed by atoms with E-state index in [1.807, 2.05) is 34.9 Å². The summed E-state index contributed by atoms with van der Waals surface area (Å²) in [6, 6.07) is 8.05. The summed E-state index contributed by atoms with van der Waals surface area (Å²) in [7, 11) is 0. The number of piperidine rings is 1. The van der Waals surface area contributed by atoms with Crippen LogP contribution in [0.1, 0.15) is 45.1 Å². The summed E-state index contributed by atoms with van der Waals surface area (Å²) in [5.41, 5.74) is 2.26. The minimum absolute atomic E-state index is 0.0795.